The second kappa shape index (κ2) is 5.07. The van der Waals surface area contributed by atoms with Crippen LogP contribution in [0.1, 0.15) is 0 Å². The molecule has 0 bridgehead atoms. The molecule has 18 heavy (non-hydrogen) atoms. The van der Waals surface area contributed by atoms with E-state index in [1.54, 1.807) is 7.05 Å². The maximum Gasteiger partial charge on any atom is 0.282 e. The molecule has 1 atom stereocenters. The third-order valence-corrected chi connectivity index (χ3v) is 4.43. The van der Waals surface area contributed by atoms with Gasteiger partial charge in [-0.1, -0.05) is 42.2 Å². The summed E-state index contributed by atoms with van der Waals surface area (Å²) in [6.45, 7) is 0. The molecule has 1 aromatic carbocycles. The molecule has 4 nitrogen and oxygen atoms in total. The molecule has 0 saturated carbocycles. The maximum atomic E-state index is 12.1. The molecular weight excluding hydrogens is 268 g/mol. The molecule has 0 radical (unpaired) electrons. The van der Waals surface area contributed by atoms with Gasteiger partial charge in [0.1, 0.15) is 0 Å². The lowest BCUT2D eigenvalue weighted by Crippen LogP contribution is -2.58. The van der Waals surface area contributed by atoms with Crippen LogP contribution in [0.5, 0.6) is 0 Å². The molecule has 1 heterocycles. The monoisotopic (exact) mass is 280 g/mol. The minimum atomic E-state index is -0.559. The number of piperazine rings is 1. The van der Waals surface area contributed by atoms with Gasteiger partial charge in [-0.2, -0.15) is 0 Å². The van der Waals surface area contributed by atoms with Gasteiger partial charge >= 0.3 is 0 Å². The maximum absolute atomic E-state index is 12.1. The fourth-order valence-corrected chi connectivity index (χ4v) is 2.91. The Bertz CT molecular complexity index is 504. The lowest BCUT2D eigenvalue weighted by atomic mass is 10.3. The van der Waals surface area contributed by atoms with Gasteiger partial charge in [0, 0.05) is 19.0 Å². The van der Waals surface area contributed by atoms with Crippen LogP contribution in [0.25, 0.3) is 0 Å². The summed E-state index contributed by atoms with van der Waals surface area (Å²) in [5.41, 5.74) is 0. The molecular formula is C12H12N2O2S2. The Hall–Kier alpha value is -1.40. The molecule has 1 saturated heterocycles. The van der Waals surface area contributed by atoms with Gasteiger partial charge in [-0.25, -0.2) is 0 Å². The average molecular weight is 280 g/mol. The highest BCUT2D eigenvalue weighted by Crippen LogP contribution is 2.28. The Kier molecular flexibility index (Phi) is 3.68. The van der Waals surface area contributed by atoms with Gasteiger partial charge in [-0.15, -0.1) is 0 Å². The third kappa shape index (κ3) is 2.26. The molecule has 1 aliphatic heterocycles. The van der Waals surface area contributed by atoms with E-state index < -0.39 is 5.37 Å². The van der Waals surface area contributed by atoms with Crippen LogP contribution in [0.2, 0.25) is 0 Å². The zero-order valence-corrected chi connectivity index (χ0v) is 11.6. The van der Waals surface area contributed by atoms with Crippen LogP contribution in [-0.2, 0) is 9.59 Å². The van der Waals surface area contributed by atoms with Gasteiger partial charge in [0.2, 0.25) is 0 Å². The van der Waals surface area contributed by atoms with Crippen molar-refractivity contribution in [3.63, 3.8) is 0 Å². The molecule has 0 aliphatic carbocycles. The first-order valence-corrected chi connectivity index (χ1v) is 6.61. The van der Waals surface area contributed by atoms with E-state index in [1.807, 2.05) is 30.3 Å². The second-order valence-electron chi connectivity index (χ2n) is 3.90. The van der Waals surface area contributed by atoms with Crippen molar-refractivity contribution in [2.75, 3.05) is 14.1 Å². The molecule has 1 aliphatic rings. The number of thiocarbonyl (C=S) groups is 1. The van der Waals surface area contributed by atoms with E-state index in [1.165, 1.54) is 28.6 Å². The summed E-state index contributed by atoms with van der Waals surface area (Å²) in [5, 5.41) is -0.559. The number of hydrogen-bond acceptors (Lipinski definition) is 4. The van der Waals surface area contributed by atoms with Crippen molar-refractivity contribution in [2.45, 2.75) is 10.3 Å². The van der Waals surface area contributed by atoms with E-state index in [4.69, 9.17) is 12.2 Å². The van der Waals surface area contributed by atoms with Crippen LogP contribution in [-0.4, -0.2) is 46.1 Å². The number of thioether (sulfide) groups is 1. The summed E-state index contributed by atoms with van der Waals surface area (Å²) in [6, 6.07) is 9.51. The van der Waals surface area contributed by atoms with Crippen LogP contribution in [0.4, 0.5) is 0 Å². The highest BCUT2D eigenvalue weighted by Gasteiger charge is 2.39. The molecule has 0 spiro atoms. The Morgan fingerprint density at radius 3 is 2.39 bits per heavy atom. The van der Waals surface area contributed by atoms with Crippen molar-refractivity contribution in [1.29, 1.82) is 0 Å². The molecule has 0 aromatic heterocycles. The Balaban J connectivity index is 2.24. The lowest BCUT2D eigenvalue weighted by molar-refractivity contribution is -0.139. The molecule has 2 rings (SSSR count). The SMILES string of the molecule is CN1C(=O)C(Sc2ccccc2)N(C)C(=O)C1=S. The standard InChI is InChI=1S/C12H12N2O2S2/c1-13-10(16)12(14(2)9(15)11(13)17)18-8-6-4-3-5-7-8/h3-7,12H,1-2H3. The number of rotatable bonds is 2. The molecule has 0 N–H and O–H groups in total. The highest BCUT2D eigenvalue weighted by molar-refractivity contribution is 8.00. The van der Waals surface area contributed by atoms with Crippen LogP contribution < -0.4 is 0 Å². The number of benzene rings is 1. The fraction of sp³-hybridized carbons (Fsp3) is 0.250. The second-order valence-corrected chi connectivity index (χ2v) is 5.44. The summed E-state index contributed by atoms with van der Waals surface area (Å²) in [7, 11) is 3.13. The zero-order chi connectivity index (χ0) is 13.3. The molecule has 1 unspecified atom stereocenters. The number of carbonyl (C=O) groups is 2. The Morgan fingerprint density at radius 1 is 1.17 bits per heavy atom. The number of hydrogen-bond donors (Lipinski definition) is 0. The van der Waals surface area contributed by atoms with E-state index in [0.717, 1.165) is 4.90 Å². The number of amides is 2. The highest BCUT2D eigenvalue weighted by atomic mass is 32.2. The van der Waals surface area contributed by atoms with E-state index in [9.17, 15) is 9.59 Å². The quantitative estimate of drug-likeness (QED) is 0.767. The first-order chi connectivity index (χ1) is 8.52. The van der Waals surface area contributed by atoms with Gasteiger partial charge in [0.25, 0.3) is 11.8 Å². The number of nitrogens with zero attached hydrogens (tertiary/aromatic N) is 2. The first kappa shape index (κ1) is 13.0. The van der Waals surface area contributed by atoms with Crippen molar-refractivity contribution in [3.8, 4) is 0 Å². The van der Waals surface area contributed by atoms with Crippen molar-refractivity contribution in [2.24, 2.45) is 0 Å². The van der Waals surface area contributed by atoms with E-state index in [2.05, 4.69) is 0 Å². The molecule has 1 fully saturated rings. The summed E-state index contributed by atoms with van der Waals surface area (Å²) in [6.07, 6.45) is 0. The lowest BCUT2D eigenvalue weighted by Gasteiger charge is -2.36. The topological polar surface area (TPSA) is 40.6 Å². The summed E-state index contributed by atoms with van der Waals surface area (Å²) < 4.78 is 0. The average Bonchev–Trinajstić information content (AvgIpc) is 2.40. The van der Waals surface area contributed by atoms with Crippen LogP contribution >= 0.6 is 24.0 Å². The van der Waals surface area contributed by atoms with Gasteiger partial charge in [-0.3, -0.25) is 14.5 Å². The van der Waals surface area contributed by atoms with Crippen LogP contribution in [0.15, 0.2) is 35.2 Å². The van der Waals surface area contributed by atoms with Gasteiger partial charge < -0.3 is 4.90 Å². The summed E-state index contributed by atoms with van der Waals surface area (Å²) in [5.74, 6) is -0.462. The van der Waals surface area contributed by atoms with Crippen molar-refractivity contribution >= 4 is 40.8 Å². The predicted octanol–water partition coefficient (Wildman–Crippen LogP) is 1.36. The number of carbonyl (C=O) groups excluding carboxylic acids is 2. The van der Waals surface area contributed by atoms with Gasteiger partial charge in [0.15, 0.2) is 10.4 Å². The molecule has 6 heteroatoms. The van der Waals surface area contributed by atoms with Crippen LogP contribution in [0.3, 0.4) is 0 Å². The van der Waals surface area contributed by atoms with Crippen molar-refractivity contribution < 1.29 is 9.59 Å². The summed E-state index contributed by atoms with van der Waals surface area (Å²) in [4.78, 5) is 27.6. The Morgan fingerprint density at radius 2 is 1.78 bits per heavy atom. The van der Waals surface area contributed by atoms with Crippen molar-refractivity contribution in [3.05, 3.63) is 30.3 Å². The zero-order valence-electron chi connectivity index (χ0n) is 9.99. The minimum absolute atomic E-state index is 0.0485. The summed E-state index contributed by atoms with van der Waals surface area (Å²) >= 11 is 6.27. The third-order valence-electron chi connectivity index (χ3n) is 2.69. The largest absolute Gasteiger partial charge is 0.319 e. The molecule has 94 valence electrons. The molecule has 2 amide bonds. The van der Waals surface area contributed by atoms with E-state index in [-0.39, 0.29) is 16.8 Å². The van der Waals surface area contributed by atoms with E-state index >= 15 is 0 Å². The van der Waals surface area contributed by atoms with Gasteiger partial charge in [0.05, 0.1) is 0 Å². The number of likely N-dealkylation sites (N-methyl/N-ethyl adjacent to an activating group) is 2. The smallest absolute Gasteiger partial charge is 0.282 e. The van der Waals surface area contributed by atoms with E-state index in [0.29, 0.717) is 0 Å². The first-order valence-electron chi connectivity index (χ1n) is 5.33. The normalized spacial score (nSPS) is 20.6. The Labute approximate surface area is 115 Å². The minimum Gasteiger partial charge on any atom is -0.319 e. The van der Waals surface area contributed by atoms with Crippen LogP contribution in [0, 0.1) is 0 Å². The fourth-order valence-electron chi connectivity index (χ4n) is 1.59. The molecule has 1 aromatic rings. The van der Waals surface area contributed by atoms with Gasteiger partial charge in [-0.05, 0) is 12.1 Å². The van der Waals surface area contributed by atoms with Crippen molar-refractivity contribution in [1.82, 2.24) is 9.80 Å². The predicted molar refractivity (Wildman–Crippen MR) is 74.2 cm³/mol.